The molecule has 86 valence electrons. The first kappa shape index (κ1) is 10.1. The molecule has 1 aromatic carbocycles. The lowest BCUT2D eigenvalue weighted by atomic mass is 9.72. The normalized spacial score (nSPS) is 33.5. The third kappa shape index (κ3) is 1.35. The first-order chi connectivity index (χ1) is 7.58. The predicted molar refractivity (Wildman–Crippen MR) is 61.4 cm³/mol. The van der Waals surface area contributed by atoms with E-state index in [0.29, 0.717) is 6.04 Å². The van der Waals surface area contributed by atoms with Crippen LogP contribution in [0, 0.1) is 0 Å². The molecule has 2 N–H and O–H groups in total. The summed E-state index contributed by atoms with van der Waals surface area (Å²) < 4.78 is 0. The van der Waals surface area contributed by atoms with E-state index in [1.807, 2.05) is 6.07 Å². The van der Waals surface area contributed by atoms with E-state index in [2.05, 4.69) is 11.9 Å². The number of benzene rings is 1. The van der Waals surface area contributed by atoms with Crippen molar-refractivity contribution in [3.63, 3.8) is 0 Å². The molecule has 1 fully saturated rings. The molecule has 0 amide bonds. The van der Waals surface area contributed by atoms with Crippen LogP contribution in [0.5, 0.6) is 5.75 Å². The van der Waals surface area contributed by atoms with Crippen molar-refractivity contribution < 1.29 is 10.2 Å². The fourth-order valence-electron chi connectivity index (χ4n) is 3.09. The maximum absolute atomic E-state index is 10.7. The number of likely N-dealkylation sites (N-methyl/N-ethyl adjacent to an activating group) is 1. The summed E-state index contributed by atoms with van der Waals surface area (Å²) in [4.78, 5) is 2.32. The molecule has 1 aliphatic heterocycles. The van der Waals surface area contributed by atoms with Crippen molar-refractivity contribution in [2.45, 2.75) is 30.9 Å². The van der Waals surface area contributed by atoms with Crippen LogP contribution in [0.15, 0.2) is 18.2 Å². The average molecular weight is 219 g/mol. The van der Waals surface area contributed by atoms with Gasteiger partial charge in [-0.15, -0.1) is 0 Å². The number of aromatic hydroxyl groups is 1. The Morgan fingerprint density at radius 3 is 3.06 bits per heavy atom. The highest BCUT2D eigenvalue weighted by atomic mass is 16.3. The molecule has 3 nitrogen and oxygen atoms in total. The van der Waals surface area contributed by atoms with E-state index in [-0.39, 0.29) is 5.75 Å². The topological polar surface area (TPSA) is 43.7 Å². The van der Waals surface area contributed by atoms with Gasteiger partial charge in [0.2, 0.25) is 0 Å². The number of fused-ring (bicyclic) bond motifs is 4. The summed E-state index contributed by atoms with van der Waals surface area (Å²) in [5, 5.41) is 20.2. The molecule has 1 heterocycles. The molecule has 1 aromatic rings. The molecule has 0 saturated carbocycles. The molecule has 0 aromatic heterocycles. The summed E-state index contributed by atoms with van der Waals surface area (Å²) in [5.74, 6) is 0.254. The molecule has 3 heteroatoms. The Kier molecular flexibility index (Phi) is 2.03. The quantitative estimate of drug-likeness (QED) is 0.689. The second-order valence-corrected chi connectivity index (χ2v) is 5.17. The van der Waals surface area contributed by atoms with Gasteiger partial charge >= 0.3 is 0 Å². The maximum Gasteiger partial charge on any atom is 0.115 e. The van der Waals surface area contributed by atoms with Crippen LogP contribution in [-0.2, 0) is 12.0 Å². The van der Waals surface area contributed by atoms with Crippen LogP contribution >= 0.6 is 0 Å². The van der Waals surface area contributed by atoms with Crippen molar-refractivity contribution in [2.24, 2.45) is 0 Å². The number of piperidine rings is 1. The molecular weight excluding hydrogens is 202 g/mol. The molecular formula is C13H17NO2. The Bertz CT molecular complexity index is 432. The summed E-state index contributed by atoms with van der Waals surface area (Å²) in [6, 6.07) is 5.83. The van der Waals surface area contributed by atoms with Crippen molar-refractivity contribution in [3.05, 3.63) is 29.3 Å². The number of hydrogen-bond acceptors (Lipinski definition) is 3. The van der Waals surface area contributed by atoms with Gasteiger partial charge in [0.05, 0.1) is 5.60 Å². The summed E-state index contributed by atoms with van der Waals surface area (Å²) in [6.07, 6.45) is 2.53. The van der Waals surface area contributed by atoms with Gasteiger partial charge in [-0.3, -0.25) is 0 Å². The van der Waals surface area contributed by atoms with E-state index in [1.165, 1.54) is 5.56 Å². The Labute approximate surface area is 95.3 Å². The number of rotatable bonds is 0. The molecule has 1 aliphatic carbocycles. The highest BCUT2D eigenvalue weighted by molar-refractivity contribution is 5.42. The van der Waals surface area contributed by atoms with Gasteiger partial charge in [0, 0.05) is 12.6 Å². The largest absolute Gasteiger partial charge is 0.508 e. The molecule has 2 atom stereocenters. The highest BCUT2D eigenvalue weighted by Crippen LogP contribution is 2.43. The second kappa shape index (κ2) is 3.22. The van der Waals surface area contributed by atoms with E-state index >= 15 is 0 Å². The Balaban J connectivity index is 2.11. The van der Waals surface area contributed by atoms with Gasteiger partial charge in [-0.1, -0.05) is 6.07 Å². The molecule has 3 rings (SSSR count). The van der Waals surface area contributed by atoms with Crippen molar-refractivity contribution in [1.82, 2.24) is 4.90 Å². The minimum atomic E-state index is -0.719. The lowest BCUT2D eigenvalue weighted by Gasteiger charge is -2.47. The lowest BCUT2D eigenvalue weighted by Crippen LogP contribution is -2.51. The summed E-state index contributed by atoms with van der Waals surface area (Å²) in [6.45, 7) is 0.927. The van der Waals surface area contributed by atoms with E-state index < -0.39 is 5.60 Å². The smallest absolute Gasteiger partial charge is 0.115 e. The van der Waals surface area contributed by atoms with E-state index in [9.17, 15) is 10.2 Å². The van der Waals surface area contributed by atoms with Crippen molar-refractivity contribution >= 4 is 0 Å². The van der Waals surface area contributed by atoms with Crippen molar-refractivity contribution in [2.75, 3.05) is 13.6 Å². The van der Waals surface area contributed by atoms with Gasteiger partial charge in [0.15, 0.2) is 0 Å². The first-order valence-corrected chi connectivity index (χ1v) is 5.83. The fourth-order valence-corrected chi connectivity index (χ4v) is 3.09. The SMILES string of the molecule is CN1CC[C@@]2(O)C[C@@H]1Cc1ccc(O)cc12. The first-order valence-electron chi connectivity index (χ1n) is 5.83. The molecule has 0 unspecified atom stereocenters. The Morgan fingerprint density at radius 1 is 1.44 bits per heavy atom. The number of likely N-dealkylation sites (tertiary alicyclic amines) is 1. The zero-order valence-corrected chi connectivity index (χ0v) is 9.48. The van der Waals surface area contributed by atoms with Crippen LogP contribution in [0.25, 0.3) is 0 Å². The minimum Gasteiger partial charge on any atom is -0.508 e. The Morgan fingerprint density at radius 2 is 2.25 bits per heavy atom. The minimum absolute atomic E-state index is 0.254. The van der Waals surface area contributed by atoms with Crippen molar-refractivity contribution in [3.8, 4) is 5.75 Å². The van der Waals surface area contributed by atoms with Crippen LogP contribution in [0.4, 0.5) is 0 Å². The molecule has 1 saturated heterocycles. The highest BCUT2D eigenvalue weighted by Gasteiger charge is 2.43. The standard InChI is InChI=1S/C13H17NO2/c1-14-5-4-13(16)8-10(14)6-9-2-3-11(15)7-12(9)13/h2-3,7,10,15-16H,4-6,8H2,1H3/t10-,13+/m0/s1. The summed E-state index contributed by atoms with van der Waals surface area (Å²) in [5.41, 5.74) is 1.41. The van der Waals surface area contributed by atoms with E-state index in [0.717, 1.165) is 31.4 Å². The fraction of sp³-hybridized carbons (Fsp3) is 0.538. The molecule has 16 heavy (non-hydrogen) atoms. The van der Waals surface area contributed by atoms with Crippen molar-refractivity contribution in [1.29, 1.82) is 0 Å². The average Bonchev–Trinajstić information content (AvgIpc) is 2.26. The predicted octanol–water partition coefficient (Wildman–Crippen LogP) is 1.23. The summed E-state index contributed by atoms with van der Waals surface area (Å²) in [7, 11) is 2.12. The number of phenols is 1. The molecule has 0 spiro atoms. The molecule has 2 aliphatic rings. The monoisotopic (exact) mass is 219 g/mol. The van der Waals surface area contributed by atoms with Crippen LogP contribution in [-0.4, -0.2) is 34.7 Å². The van der Waals surface area contributed by atoms with Crippen LogP contribution in [0.2, 0.25) is 0 Å². The van der Waals surface area contributed by atoms with Crippen LogP contribution in [0.1, 0.15) is 24.0 Å². The van der Waals surface area contributed by atoms with E-state index in [4.69, 9.17) is 0 Å². The third-order valence-corrected chi connectivity index (χ3v) is 4.13. The van der Waals surface area contributed by atoms with Crippen LogP contribution in [0.3, 0.4) is 0 Å². The summed E-state index contributed by atoms with van der Waals surface area (Å²) >= 11 is 0. The van der Waals surface area contributed by atoms with Gasteiger partial charge in [-0.25, -0.2) is 0 Å². The van der Waals surface area contributed by atoms with Crippen LogP contribution < -0.4 is 0 Å². The number of phenolic OH excluding ortho intramolecular Hbond substituents is 1. The number of nitrogens with zero attached hydrogens (tertiary/aromatic N) is 1. The van der Waals surface area contributed by atoms with Gasteiger partial charge in [-0.2, -0.15) is 0 Å². The van der Waals surface area contributed by atoms with Gasteiger partial charge in [0.1, 0.15) is 5.75 Å². The molecule has 2 bridgehead atoms. The van der Waals surface area contributed by atoms with E-state index in [1.54, 1.807) is 12.1 Å². The number of hydrogen-bond donors (Lipinski definition) is 2. The zero-order chi connectivity index (χ0) is 11.3. The zero-order valence-electron chi connectivity index (χ0n) is 9.48. The third-order valence-electron chi connectivity index (χ3n) is 4.13. The number of aliphatic hydroxyl groups is 1. The van der Waals surface area contributed by atoms with Gasteiger partial charge in [-0.05, 0) is 49.6 Å². The Hall–Kier alpha value is -1.06. The van der Waals surface area contributed by atoms with Gasteiger partial charge < -0.3 is 15.1 Å². The second-order valence-electron chi connectivity index (χ2n) is 5.17. The molecule has 0 radical (unpaired) electrons. The maximum atomic E-state index is 10.7. The van der Waals surface area contributed by atoms with Gasteiger partial charge in [0.25, 0.3) is 0 Å². The lowest BCUT2D eigenvalue weighted by molar-refractivity contribution is -0.0543.